The molecule has 1 saturated heterocycles. The number of hydrogen-bond donors (Lipinski definition) is 1. The molecule has 3 fully saturated rings. The fraction of sp³-hybridized carbons (Fsp3) is 0.556. The molecule has 186 valence electrons. The molecule has 1 N–H and O–H groups in total. The van der Waals surface area contributed by atoms with Crippen LogP contribution >= 0.6 is 0 Å². The number of benzene rings is 1. The Hall–Kier alpha value is -3.00. The Balaban J connectivity index is 1.34. The highest BCUT2D eigenvalue weighted by atomic mass is 16.2. The first-order valence-corrected chi connectivity index (χ1v) is 12.8. The number of hydrogen-bond acceptors (Lipinski definition) is 5. The van der Waals surface area contributed by atoms with Crippen molar-refractivity contribution in [3.8, 4) is 0 Å². The Morgan fingerprint density at radius 3 is 2.37 bits per heavy atom. The van der Waals surface area contributed by atoms with Crippen LogP contribution in [-0.2, 0) is 10.3 Å². The van der Waals surface area contributed by atoms with Gasteiger partial charge in [-0.05, 0) is 64.1 Å². The molecule has 8 nitrogen and oxygen atoms in total. The Morgan fingerprint density at radius 2 is 1.77 bits per heavy atom. The maximum Gasteiger partial charge on any atom is 0.321 e. The molecule has 3 aliphatic rings. The lowest BCUT2D eigenvalue weighted by Crippen LogP contribution is -2.56. The molecule has 1 aliphatic heterocycles. The summed E-state index contributed by atoms with van der Waals surface area (Å²) in [4.78, 5) is 40.6. The Morgan fingerprint density at radius 1 is 1.09 bits per heavy atom. The molecule has 1 aromatic carbocycles. The molecule has 3 amide bonds. The first-order chi connectivity index (χ1) is 16.9. The minimum atomic E-state index is -0.212. The van der Waals surface area contributed by atoms with Gasteiger partial charge in [0.15, 0.2) is 0 Å². The average molecular weight is 477 g/mol. The van der Waals surface area contributed by atoms with Crippen LogP contribution in [-0.4, -0.2) is 75.9 Å². The molecule has 2 heterocycles. The van der Waals surface area contributed by atoms with Crippen LogP contribution in [0.3, 0.4) is 0 Å². The standard InChI is InChI=1S/C27H36N6O2/c1-31(2)27(22-9-4-3-5-10-22)13-11-26(12-14-27)19-32(25(35)33(26)17-21-7-6-8-21)18-24(34)30-23-15-28-20-29-16-23/h3-5,9-10,15-16,20-21H,6-8,11-14,17-19H2,1-2H3,(H,30,34)/t26-,27-. The number of carbonyl (C=O) groups excluding carboxylic acids is 2. The molecule has 35 heavy (non-hydrogen) atoms. The molecular formula is C27H36N6O2. The third-order valence-corrected chi connectivity index (χ3v) is 8.58. The fourth-order valence-corrected chi connectivity index (χ4v) is 6.25. The van der Waals surface area contributed by atoms with Gasteiger partial charge in [-0.15, -0.1) is 0 Å². The lowest BCUT2D eigenvalue weighted by molar-refractivity contribution is -0.116. The molecule has 1 spiro atoms. The van der Waals surface area contributed by atoms with Crippen molar-refractivity contribution in [1.82, 2.24) is 24.7 Å². The summed E-state index contributed by atoms with van der Waals surface area (Å²) in [6, 6.07) is 10.8. The molecule has 0 radical (unpaired) electrons. The van der Waals surface area contributed by atoms with Gasteiger partial charge in [0.25, 0.3) is 0 Å². The van der Waals surface area contributed by atoms with Gasteiger partial charge < -0.3 is 15.1 Å². The predicted molar refractivity (Wildman–Crippen MR) is 135 cm³/mol. The molecule has 0 bridgehead atoms. The maximum atomic E-state index is 13.6. The van der Waals surface area contributed by atoms with Crippen molar-refractivity contribution in [2.75, 3.05) is 39.0 Å². The van der Waals surface area contributed by atoms with E-state index >= 15 is 0 Å². The lowest BCUT2D eigenvalue weighted by atomic mass is 9.68. The molecule has 8 heteroatoms. The molecule has 2 aliphatic carbocycles. The van der Waals surface area contributed by atoms with Gasteiger partial charge in [0, 0.05) is 18.6 Å². The largest absolute Gasteiger partial charge is 0.322 e. The summed E-state index contributed by atoms with van der Waals surface area (Å²) < 4.78 is 0. The topological polar surface area (TPSA) is 81.7 Å². The van der Waals surface area contributed by atoms with Gasteiger partial charge in [0.1, 0.15) is 12.9 Å². The van der Waals surface area contributed by atoms with Gasteiger partial charge in [-0.1, -0.05) is 36.8 Å². The van der Waals surface area contributed by atoms with Crippen LogP contribution in [0, 0.1) is 5.92 Å². The highest BCUT2D eigenvalue weighted by Crippen LogP contribution is 2.49. The molecule has 2 saturated carbocycles. The number of aromatic nitrogens is 2. The van der Waals surface area contributed by atoms with Crippen molar-refractivity contribution < 1.29 is 9.59 Å². The summed E-state index contributed by atoms with van der Waals surface area (Å²) in [5, 5.41) is 2.83. The summed E-state index contributed by atoms with van der Waals surface area (Å²) in [5.74, 6) is 0.372. The summed E-state index contributed by atoms with van der Waals surface area (Å²) in [6.07, 6.45) is 12.0. The average Bonchev–Trinajstić information content (AvgIpc) is 3.08. The first kappa shape index (κ1) is 23.7. The summed E-state index contributed by atoms with van der Waals surface area (Å²) in [6.45, 7) is 1.47. The monoisotopic (exact) mass is 476 g/mol. The number of nitrogens with zero attached hydrogens (tertiary/aromatic N) is 5. The smallest absolute Gasteiger partial charge is 0.321 e. The normalized spacial score (nSPS) is 26.9. The zero-order chi connectivity index (χ0) is 24.5. The Bertz CT molecular complexity index is 1030. The van der Waals surface area contributed by atoms with Crippen LogP contribution in [0.2, 0.25) is 0 Å². The van der Waals surface area contributed by atoms with Crippen LogP contribution in [0.4, 0.5) is 10.5 Å². The molecular weight excluding hydrogens is 440 g/mol. The van der Waals surface area contributed by atoms with Crippen LogP contribution in [0.1, 0.15) is 50.5 Å². The molecule has 1 aromatic heterocycles. The van der Waals surface area contributed by atoms with E-state index in [1.165, 1.54) is 31.2 Å². The van der Waals surface area contributed by atoms with E-state index in [-0.39, 0.29) is 29.6 Å². The lowest BCUT2D eigenvalue weighted by Gasteiger charge is -2.51. The third-order valence-electron chi connectivity index (χ3n) is 8.58. The van der Waals surface area contributed by atoms with Gasteiger partial charge in [-0.3, -0.25) is 9.69 Å². The predicted octanol–water partition coefficient (Wildman–Crippen LogP) is 3.72. The van der Waals surface area contributed by atoms with E-state index < -0.39 is 0 Å². The van der Waals surface area contributed by atoms with Crippen LogP contribution in [0.25, 0.3) is 0 Å². The van der Waals surface area contributed by atoms with Gasteiger partial charge in [-0.2, -0.15) is 0 Å². The minimum Gasteiger partial charge on any atom is -0.322 e. The quantitative estimate of drug-likeness (QED) is 0.659. The zero-order valence-electron chi connectivity index (χ0n) is 20.8. The zero-order valence-corrected chi connectivity index (χ0v) is 20.8. The van der Waals surface area contributed by atoms with Crippen molar-refractivity contribution >= 4 is 17.6 Å². The summed E-state index contributed by atoms with van der Waals surface area (Å²) in [5.41, 5.74) is 1.64. The number of rotatable bonds is 7. The minimum absolute atomic E-state index is 0.00780. The molecule has 2 aromatic rings. The van der Waals surface area contributed by atoms with Crippen LogP contribution in [0.15, 0.2) is 49.1 Å². The van der Waals surface area contributed by atoms with E-state index in [1.807, 2.05) is 0 Å². The fourth-order valence-electron chi connectivity index (χ4n) is 6.25. The highest BCUT2D eigenvalue weighted by molar-refractivity contribution is 5.94. The van der Waals surface area contributed by atoms with Crippen LogP contribution < -0.4 is 5.32 Å². The molecule has 0 unspecified atom stereocenters. The van der Waals surface area contributed by atoms with E-state index in [1.54, 1.807) is 17.3 Å². The highest BCUT2D eigenvalue weighted by Gasteiger charge is 2.55. The van der Waals surface area contributed by atoms with E-state index in [0.29, 0.717) is 18.2 Å². The van der Waals surface area contributed by atoms with Crippen molar-refractivity contribution in [3.63, 3.8) is 0 Å². The number of nitrogens with one attached hydrogen (secondary N) is 1. The van der Waals surface area contributed by atoms with Gasteiger partial charge >= 0.3 is 6.03 Å². The van der Waals surface area contributed by atoms with E-state index in [0.717, 1.165) is 32.2 Å². The van der Waals surface area contributed by atoms with Gasteiger partial charge in [-0.25, -0.2) is 14.8 Å². The number of anilines is 1. The summed E-state index contributed by atoms with van der Waals surface area (Å²) in [7, 11) is 4.34. The second kappa shape index (κ2) is 9.57. The number of carbonyl (C=O) groups is 2. The van der Waals surface area contributed by atoms with Gasteiger partial charge in [0.05, 0.1) is 23.6 Å². The van der Waals surface area contributed by atoms with E-state index in [2.05, 4.69) is 69.5 Å². The molecule has 5 rings (SSSR count). The van der Waals surface area contributed by atoms with Crippen molar-refractivity contribution in [1.29, 1.82) is 0 Å². The molecule has 0 atom stereocenters. The second-order valence-corrected chi connectivity index (χ2v) is 10.7. The SMILES string of the molecule is CN(C)[C@]1(c2ccccc2)CC[C@@]2(CC1)CN(CC(=O)Nc1cncnc1)C(=O)N2CC1CCC1. The summed E-state index contributed by atoms with van der Waals surface area (Å²) >= 11 is 0. The van der Waals surface area contributed by atoms with Crippen molar-refractivity contribution in [3.05, 3.63) is 54.6 Å². The van der Waals surface area contributed by atoms with E-state index in [4.69, 9.17) is 0 Å². The Labute approximate surface area is 207 Å². The van der Waals surface area contributed by atoms with Gasteiger partial charge in [0.2, 0.25) is 5.91 Å². The number of urea groups is 1. The van der Waals surface area contributed by atoms with Crippen molar-refractivity contribution in [2.45, 2.75) is 56.0 Å². The number of amides is 3. The third kappa shape index (κ3) is 4.51. The van der Waals surface area contributed by atoms with E-state index in [9.17, 15) is 9.59 Å². The van der Waals surface area contributed by atoms with Crippen LogP contribution in [0.5, 0.6) is 0 Å². The van der Waals surface area contributed by atoms with Crippen molar-refractivity contribution in [2.24, 2.45) is 5.92 Å². The Kier molecular flexibility index (Phi) is 6.49. The maximum absolute atomic E-state index is 13.6. The second-order valence-electron chi connectivity index (χ2n) is 10.7. The first-order valence-electron chi connectivity index (χ1n) is 12.8.